The Balaban J connectivity index is 1.79. The van der Waals surface area contributed by atoms with Crippen LogP contribution in [0.2, 0.25) is 0 Å². The van der Waals surface area contributed by atoms with Crippen molar-refractivity contribution in [2.75, 3.05) is 5.32 Å². The quantitative estimate of drug-likeness (QED) is 0.774. The molecule has 1 amide bonds. The molecule has 2 aromatic rings. The second-order valence-electron chi connectivity index (χ2n) is 7.62. The molecule has 2 aromatic carbocycles. The van der Waals surface area contributed by atoms with Gasteiger partial charge in [0.1, 0.15) is 0 Å². The van der Waals surface area contributed by atoms with E-state index in [1.807, 2.05) is 0 Å². The molecule has 0 spiro atoms. The maximum absolute atomic E-state index is 13.0. The summed E-state index contributed by atoms with van der Waals surface area (Å²) in [5.41, 5.74) is -1.41. The largest absolute Gasteiger partial charge is 0.481 e. The van der Waals surface area contributed by atoms with Crippen molar-refractivity contribution in [2.45, 2.75) is 43.7 Å². The molecule has 3 rings (SSSR count). The number of carboxylic acid groups (broad SMARTS) is 1. The second kappa shape index (κ2) is 6.65. The predicted octanol–water partition coefficient (Wildman–Crippen LogP) is 4.74. The van der Waals surface area contributed by atoms with Crippen LogP contribution < -0.4 is 5.32 Å². The monoisotopic (exact) mass is 391 g/mol. The molecule has 28 heavy (non-hydrogen) atoms. The fraction of sp³-hybridized carbons (Fsp3) is 0.333. The lowest BCUT2D eigenvalue weighted by atomic mass is 9.85. The average Bonchev–Trinajstić information content (AvgIpc) is 3.43. The van der Waals surface area contributed by atoms with Crippen LogP contribution in [0.25, 0.3) is 0 Å². The molecule has 2 N–H and O–H groups in total. The molecule has 0 aliphatic heterocycles. The molecule has 0 unspecified atom stereocenters. The minimum atomic E-state index is -4.46. The molecule has 0 aromatic heterocycles. The van der Waals surface area contributed by atoms with Crippen molar-refractivity contribution in [3.63, 3.8) is 0 Å². The molecular weight excluding hydrogens is 371 g/mol. The summed E-state index contributed by atoms with van der Waals surface area (Å²) in [5.74, 6) is -1.33. The number of hydrogen-bond donors (Lipinski definition) is 2. The van der Waals surface area contributed by atoms with Crippen LogP contribution in [-0.2, 0) is 26.6 Å². The number of amides is 1. The molecule has 7 heteroatoms. The summed E-state index contributed by atoms with van der Waals surface area (Å²) in [5, 5.41) is 12.0. The Hall–Kier alpha value is -2.83. The van der Waals surface area contributed by atoms with Gasteiger partial charge in [0.25, 0.3) is 0 Å². The normalized spacial score (nSPS) is 15.8. The summed E-state index contributed by atoms with van der Waals surface area (Å²) >= 11 is 0. The Morgan fingerprint density at radius 1 is 1.00 bits per heavy atom. The Labute approximate surface area is 160 Å². The topological polar surface area (TPSA) is 66.4 Å². The first kappa shape index (κ1) is 19.9. The van der Waals surface area contributed by atoms with Crippen molar-refractivity contribution in [3.05, 3.63) is 65.2 Å². The smallest absolute Gasteiger partial charge is 0.416 e. The summed E-state index contributed by atoms with van der Waals surface area (Å²) < 4.78 is 38.9. The van der Waals surface area contributed by atoms with Crippen molar-refractivity contribution in [3.8, 4) is 0 Å². The lowest BCUT2D eigenvalue weighted by molar-refractivity contribution is -0.142. The van der Waals surface area contributed by atoms with Gasteiger partial charge in [-0.15, -0.1) is 0 Å². The number of carbonyl (C=O) groups is 2. The number of anilines is 1. The van der Waals surface area contributed by atoms with E-state index in [9.17, 15) is 27.9 Å². The fourth-order valence-corrected chi connectivity index (χ4v) is 3.11. The van der Waals surface area contributed by atoms with Crippen LogP contribution in [0.4, 0.5) is 18.9 Å². The zero-order valence-electron chi connectivity index (χ0n) is 15.4. The zero-order valence-corrected chi connectivity index (χ0v) is 15.4. The van der Waals surface area contributed by atoms with Crippen LogP contribution in [0.5, 0.6) is 0 Å². The predicted molar refractivity (Wildman–Crippen MR) is 98.1 cm³/mol. The van der Waals surface area contributed by atoms with Crippen LogP contribution in [0.1, 0.15) is 43.4 Å². The SMILES string of the molecule is CC(C)(C(=O)O)c1ccc(NC(=O)C2(c3cccc(C(F)(F)F)c3)CC2)cc1. The fourth-order valence-electron chi connectivity index (χ4n) is 3.11. The first-order chi connectivity index (χ1) is 13.0. The van der Waals surface area contributed by atoms with Crippen molar-refractivity contribution in [2.24, 2.45) is 0 Å². The van der Waals surface area contributed by atoms with Gasteiger partial charge in [0, 0.05) is 5.69 Å². The van der Waals surface area contributed by atoms with E-state index in [0.29, 0.717) is 29.7 Å². The minimum Gasteiger partial charge on any atom is -0.481 e. The van der Waals surface area contributed by atoms with Crippen molar-refractivity contribution in [1.29, 1.82) is 0 Å². The Morgan fingerprint density at radius 3 is 2.11 bits per heavy atom. The van der Waals surface area contributed by atoms with E-state index < -0.39 is 28.5 Å². The summed E-state index contributed by atoms with van der Waals surface area (Å²) in [6.07, 6.45) is -3.51. The number of carbonyl (C=O) groups excluding carboxylic acids is 1. The number of rotatable bonds is 5. The minimum absolute atomic E-state index is 0.350. The maximum atomic E-state index is 13.0. The lowest BCUT2D eigenvalue weighted by Crippen LogP contribution is -2.29. The Bertz CT molecular complexity index is 913. The number of carboxylic acids is 1. The molecule has 148 valence electrons. The number of benzene rings is 2. The molecule has 1 saturated carbocycles. The number of alkyl halides is 3. The summed E-state index contributed by atoms with van der Waals surface area (Å²) in [6.45, 7) is 3.16. The number of hydrogen-bond acceptors (Lipinski definition) is 2. The molecule has 1 fully saturated rings. The van der Waals surface area contributed by atoms with Gasteiger partial charge in [-0.1, -0.05) is 30.3 Å². The van der Waals surface area contributed by atoms with E-state index in [4.69, 9.17) is 0 Å². The third-order valence-electron chi connectivity index (χ3n) is 5.33. The molecule has 1 aliphatic carbocycles. The summed E-state index contributed by atoms with van der Waals surface area (Å²) in [4.78, 5) is 24.1. The van der Waals surface area contributed by atoms with Gasteiger partial charge in [0.2, 0.25) is 5.91 Å². The van der Waals surface area contributed by atoms with Crippen LogP contribution in [0.3, 0.4) is 0 Å². The van der Waals surface area contributed by atoms with Gasteiger partial charge in [0.15, 0.2) is 0 Å². The third-order valence-corrected chi connectivity index (χ3v) is 5.33. The summed E-state index contributed by atoms with van der Waals surface area (Å²) in [6, 6.07) is 11.3. The second-order valence-corrected chi connectivity index (χ2v) is 7.62. The highest BCUT2D eigenvalue weighted by Gasteiger charge is 2.51. The van der Waals surface area contributed by atoms with Gasteiger partial charge in [0.05, 0.1) is 16.4 Å². The number of aliphatic carboxylic acids is 1. The van der Waals surface area contributed by atoms with E-state index >= 15 is 0 Å². The highest BCUT2D eigenvalue weighted by Crippen LogP contribution is 2.50. The first-order valence-corrected chi connectivity index (χ1v) is 8.80. The standard InChI is InChI=1S/C21H20F3NO3/c1-19(2,18(27)28)13-6-8-16(9-7-13)25-17(26)20(10-11-20)14-4-3-5-15(12-14)21(22,23)24/h3-9,12H,10-11H2,1-2H3,(H,25,26)(H,27,28). The van der Waals surface area contributed by atoms with Crippen LogP contribution in [-0.4, -0.2) is 17.0 Å². The van der Waals surface area contributed by atoms with Gasteiger partial charge in [-0.3, -0.25) is 9.59 Å². The van der Waals surface area contributed by atoms with Crippen LogP contribution in [0.15, 0.2) is 48.5 Å². The lowest BCUT2D eigenvalue weighted by Gasteiger charge is -2.21. The van der Waals surface area contributed by atoms with Gasteiger partial charge in [-0.25, -0.2) is 0 Å². The number of halogens is 3. The van der Waals surface area contributed by atoms with E-state index in [0.717, 1.165) is 12.1 Å². The summed E-state index contributed by atoms with van der Waals surface area (Å²) in [7, 11) is 0. The van der Waals surface area contributed by atoms with E-state index in [1.54, 1.807) is 44.2 Å². The maximum Gasteiger partial charge on any atom is 0.416 e. The Morgan fingerprint density at radius 2 is 1.61 bits per heavy atom. The molecule has 4 nitrogen and oxygen atoms in total. The van der Waals surface area contributed by atoms with Crippen LogP contribution in [0, 0.1) is 0 Å². The van der Waals surface area contributed by atoms with E-state index in [1.165, 1.54) is 6.07 Å². The van der Waals surface area contributed by atoms with Crippen molar-refractivity contribution in [1.82, 2.24) is 0 Å². The van der Waals surface area contributed by atoms with Gasteiger partial charge in [-0.2, -0.15) is 13.2 Å². The average molecular weight is 391 g/mol. The van der Waals surface area contributed by atoms with Crippen LogP contribution >= 0.6 is 0 Å². The molecule has 1 aliphatic rings. The van der Waals surface area contributed by atoms with E-state index in [-0.39, 0.29) is 5.91 Å². The highest BCUT2D eigenvalue weighted by molar-refractivity contribution is 6.01. The number of nitrogens with one attached hydrogen (secondary N) is 1. The molecule has 0 atom stereocenters. The van der Waals surface area contributed by atoms with Gasteiger partial charge in [-0.05, 0) is 56.0 Å². The van der Waals surface area contributed by atoms with Gasteiger partial charge >= 0.3 is 12.1 Å². The molecule has 0 radical (unpaired) electrons. The van der Waals surface area contributed by atoms with E-state index in [2.05, 4.69) is 5.32 Å². The zero-order chi connectivity index (χ0) is 20.7. The van der Waals surface area contributed by atoms with Gasteiger partial charge < -0.3 is 10.4 Å². The third kappa shape index (κ3) is 3.61. The first-order valence-electron chi connectivity index (χ1n) is 8.80. The molecule has 0 saturated heterocycles. The highest BCUT2D eigenvalue weighted by atomic mass is 19.4. The Kier molecular flexibility index (Phi) is 4.73. The molecular formula is C21H20F3NO3. The van der Waals surface area contributed by atoms with Crippen molar-refractivity contribution >= 4 is 17.6 Å². The van der Waals surface area contributed by atoms with Crippen molar-refractivity contribution < 1.29 is 27.9 Å². The molecule has 0 heterocycles. The molecule has 0 bridgehead atoms.